The van der Waals surface area contributed by atoms with E-state index in [-0.39, 0.29) is 12.5 Å². The van der Waals surface area contributed by atoms with Crippen LogP contribution in [0.15, 0.2) is 65.3 Å². The van der Waals surface area contributed by atoms with Gasteiger partial charge in [-0.1, -0.05) is 44.9 Å². The molecule has 0 atom stereocenters. The first kappa shape index (κ1) is 19.8. The molecule has 0 spiro atoms. The molecule has 29 heavy (non-hydrogen) atoms. The number of rotatable bonds is 5. The van der Waals surface area contributed by atoms with Crippen molar-refractivity contribution >= 4 is 60.1 Å². The van der Waals surface area contributed by atoms with Crippen LogP contribution < -0.4 is 9.64 Å². The van der Waals surface area contributed by atoms with E-state index in [0.717, 1.165) is 20.4 Å². The normalized spacial score (nSPS) is 10.9. The summed E-state index contributed by atoms with van der Waals surface area (Å²) in [6, 6.07) is 16.5. The second-order valence-electron chi connectivity index (χ2n) is 6.17. The van der Waals surface area contributed by atoms with E-state index >= 15 is 0 Å². The van der Waals surface area contributed by atoms with Crippen LogP contribution in [0.5, 0.6) is 5.75 Å². The molecule has 0 N–H and O–H groups in total. The summed E-state index contributed by atoms with van der Waals surface area (Å²) < 4.78 is 7.02. The van der Waals surface area contributed by atoms with E-state index in [1.165, 1.54) is 11.3 Å². The maximum absolute atomic E-state index is 13.5. The Hall–Kier alpha value is -2.48. The van der Waals surface area contributed by atoms with E-state index in [0.29, 0.717) is 21.5 Å². The summed E-state index contributed by atoms with van der Waals surface area (Å²) in [4.78, 5) is 24.1. The molecule has 0 aliphatic rings. The number of halogens is 2. The van der Waals surface area contributed by atoms with Crippen molar-refractivity contribution in [2.24, 2.45) is 0 Å². The molecule has 146 valence electrons. The molecule has 2 aromatic carbocycles. The molecular weight excluding hydrogens is 474 g/mol. The minimum atomic E-state index is -0.243. The van der Waals surface area contributed by atoms with Crippen LogP contribution in [0.3, 0.4) is 0 Å². The van der Waals surface area contributed by atoms with Crippen molar-refractivity contribution < 1.29 is 9.53 Å². The van der Waals surface area contributed by atoms with Gasteiger partial charge in [0.1, 0.15) is 5.75 Å². The third kappa shape index (κ3) is 4.27. The first-order valence-corrected chi connectivity index (χ1v) is 10.7. The van der Waals surface area contributed by atoms with Gasteiger partial charge < -0.3 is 4.74 Å². The molecule has 0 aliphatic carbocycles. The number of benzene rings is 2. The lowest BCUT2D eigenvalue weighted by molar-refractivity contribution is 0.0985. The molecule has 0 fully saturated rings. The predicted octanol–water partition coefficient (Wildman–Crippen LogP) is 5.96. The van der Waals surface area contributed by atoms with Crippen LogP contribution >= 0.6 is 38.9 Å². The first-order valence-electron chi connectivity index (χ1n) is 8.66. The largest absolute Gasteiger partial charge is 0.497 e. The van der Waals surface area contributed by atoms with Gasteiger partial charge in [-0.3, -0.25) is 14.7 Å². The number of amides is 1. The van der Waals surface area contributed by atoms with Crippen molar-refractivity contribution in [2.45, 2.75) is 6.54 Å². The van der Waals surface area contributed by atoms with Gasteiger partial charge in [0.15, 0.2) is 5.13 Å². The van der Waals surface area contributed by atoms with E-state index in [1.54, 1.807) is 36.4 Å². The van der Waals surface area contributed by atoms with Gasteiger partial charge in [-0.2, -0.15) is 0 Å². The van der Waals surface area contributed by atoms with Crippen molar-refractivity contribution in [1.29, 1.82) is 0 Å². The second-order valence-corrected chi connectivity index (χ2v) is 8.50. The Balaban J connectivity index is 1.79. The van der Waals surface area contributed by atoms with Crippen LogP contribution in [0.1, 0.15) is 16.1 Å². The highest BCUT2D eigenvalue weighted by Gasteiger charge is 2.24. The molecule has 0 bridgehead atoms. The fraction of sp³-hybridized carbons (Fsp3) is 0.0952. The predicted molar refractivity (Wildman–Crippen MR) is 120 cm³/mol. The Morgan fingerprint density at radius 3 is 2.83 bits per heavy atom. The van der Waals surface area contributed by atoms with Crippen LogP contribution in [0.4, 0.5) is 5.13 Å². The van der Waals surface area contributed by atoms with Crippen molar-refractivity contribution in [2.75, 3.05) is 12.0 Å². The third-order valence-electron chi connectivity index (χ3n) is 4.26. The lowest BCUT2D eigenvalue weighted by atomic mass is 10.2. The van der Waals surface area contributed by atoms with Gasteiger partial charge in [-0.15, -0.1) is 0 Å². The molecule has 0 unspecified atom stereocenters. The van der Waals surface area contributed by atoms with Crippen molar-refractivity contribution in [1.82, 2.24) is 9.97 Å². The number of pyridine rings is 1. The number of anilines is 1. The number of fused-ring (bicyclic) bond motifs is 1. The smallest absolute Gasteiger partial charge is 0.261 e. The lowest BCUT2D eigenvalue weighted by Gasteiger charge is -2.20. The summed E-state index contributed by atoms with van der Waals surface area (Å²) in [5, 5.41) is 0.951. The molecule has 4 rings (SSSR count). The van der Waals surface area contributed by atoms with Gasteiger partial charge in [0.2, 0.25) is 0 Å². The zero-order valence-electron chi connectivity index (χ0n) is 15.3. The average molecular weight is 489 g/mol. The molecule has 0 aliphatic heterocycles. The van der Waals surface area contributed by atoms with Gasteiger partial charge in [-0.25, -0.2) is 4.98 Å². The molecule has 0 radical (unpaired) electrons. The number of thiazole rings is 1. The highest BCUT2D eigenvalue weighted by Crippen LogP contribution is 2.33. The highest BCUT2D eigenvalue weighted by atomic mass is 79.9. The maximum Gasteiger partial charge on any atom is 0.261 e. The summed E-state index contributed by atoms with van der Waals surface area (Å²) in [5.41, 5.74) is 1.92. The van der Waals surface area contributed by atoms with Gasteiger partial charge in [0.25, 0.3) is 5.91 Å². The zero-order chi connectivity index (χ0) is 20.4. The lowest BCUT2D eigenvalue weighted by Crippen LogP contribution is -2.31. The molecule has 4 aromatic rings. The summed E-state index contributed by atoms with van der Waals surface area (Å²) >= 11 is 11.2. The topological polar surface area (TPSA) is 55.3 Å². The second kappa shape index (κ2) is 8.49. The summed E-state index contributed by atoms with van der Waals surface area (Å²) in [6.45, 7) is 0.277. The Bertz CT molecular complexity index is 1180. The van der Waals surface area contributed by atoms with E-state index in [1.807, 2.05) is 36.4 Å². The van der Waals surface area contributed by atoms with Crippen molar-refractivity contribution in [3.05, 3.63) is 81.5 Å². The fourth-order valence-corrected chi connectivity index (χ4v) is 4.33. The minimum absolute atomic E-state index is 0.243. The molecular formula is C21H15BrClN3O2S. The fourth-order valence-electron chi connectivity index (χ4n) is 2.82. The minimum Gasteiger partial charge on any atom is -0.497 e. The summed E-state index contributed by atoms with van der Waals surface area (Å²) in [5.74, 6) is 0.472. The Kier molecular flexibility index (Phi) is 5.80. The number of aromatic nitrogens is 2. The number of carbonyl (C=O) groups excluding carboxylic acids is 1. The Morgan fingerprint density at radius 2 is 2.07 bits per heavy atom. The Labute approximate surface area is 185 Å². The van der Waals surface area contributed by atoms with Crippen LogP contribution in [-0.2, 0) is 6.54 Å². The number of hydrogen-bond acceptors (Lipinski definition) is 5. The highest BCUT2D eigenvalue weighted by molar-refractivity contribution is 9.10. The van der Waals surface area contributed by atoms with E-state index in [9.17, 15) is 4.79 Å². The molecule has 2 aromatic heterocycles. The monoisotopic (exact) mass is 487 g/mol. The number of ether oxygens (including phenoxy) is 1. The molecule has 2 heterocycles. The molecule has 0 saturated heterocycles. The zero-order valence-corrected chi connectivity index (χ0v) is 18.5. The third-order valence-corrected chi connectivity index (χ3v) is 6.15. The number of methoxy groups -OCH3 is 1. The molecule has 0 saturated carbocycles. The maximum atomic E-state index is 13.5. The van der Waals surface area contributed by atoms with Crippen molar-refractivity contribution in [3.63, 3.8) is 0 Å². The number of carbonyl (C=O) groups is 1. The van der Waals surface area contributed by atoms with Gasteiger partial charge in [-0.05, 0) is 42.5 Å². The van der Waals surface area contributed by atoms with Crippen LogP contribution in [-0.4, -0.2) is 23.0 Å². The summed E-state index contributed by atoms with van der Waals surface area (Å²) in [7, 11) is 1.61. The van der Waals surface area contributed by atoms with E-state index in [2.05, 4.69) is 25.9 Å². The molecule has 8 heteroatoms. The van der Waals surface area contributed by atoms with Gasteiger partial charge >= 0.3 is 0 Å². The van der Waals surface area contributed by atoms with Crippen LogP contribution in [0.25, 0.3) is 10.2 Å². The van der Waals surface area contributed by atoms with E-state index in [4.69, 9.17) is 16.3 Å². The SMILES string of the molecule is COc1ccc2sc(N(Cc3ccccn3)C(=O)c3cc(Br)ccc3Cl)nc2c1. The first-order chi connectivity index (χ1) is 14.0. The van der Waals surface area contributed by atoms with E-state index < -0.39 is 0 Å². The molecule has 1 amide bonds. The standard InChI is InChI=1S/C21H15BrClN3O2S/c1-28-15-6-8-19-18(11-15)25-21(29-19)26(12-14-4-2-3-9-24-14)20(27)16-10-13(22)5-7-17(16)23/h2-11H,12H2,1H3. The molecule has 5 nitrogen and oxygen atoms in total. The Morgan fingerprint density at radius 1 is 1.21 bits per heavy atom. The quantitative estimate of drug-likeness (QED) is 0.348. The number of nitrogens with zero attached hydrogens (tertiary/aromatic N) is 3. The van der Waals surface area contributed by atoms with Crippen molar-refractivity contribution in [3.8, 4) is 5.75 Å². The van der Waals surface area contributed by atoms with Crippen LogP contribution in [0.2, 0.25) is 5.02 Å². The average Bonchev–Trinajstić information content (AvgIpc) is 3.16. The van der Waals surface area contributed by atoms with Crippen LogP contribution in [0, 0.1) is 0 Å². The summed E-state index contributed by atoms with van der Waals surface area (Å²) in [6.07, 6.45) is 1.70. The van der Waals surface area contributed by atoms with Gasteiger partial charge in [0.05, 0.1) is 40.2 Å². The number of hydrogen-bond donors (Lipinski definition) is 0. The van der Waals surface area contributed by atoms with Gasteiger partial charge in [0, 0.05) is 16.7 Å².